The van der Waals surface area contributed by atoms with Crippen LogP contribution in [0.2, 0.25) is 0 Å². The summed E-state index contributed by atoms with van der Waals surface area (Å²) in [4.78, 5) is 34.2. The highest BCUT2D eigenvalue weighted by Crippen LogP contribution is 2.17. The number of urea groups is 1. The zero-order valence-electron chi connectivity index (χ0n) is 10.2. The van der Waals surface area contributed by atoms with E-state index in [2.05, 4.69) is 5.32 Å². The molecule has 0 unspecified atom stereocenters. The van der Waals surface area contributed by atoms with E-state index in [0.717, 1.165) is 37.0 Å². The third-order valence-corrected chi connectivity index (χ3v) is 2.89. The van der Waals surface area contributed by atoms with Crippen molar-refractivity contribution in [1.29, 1.82) is 0 Å². The van der Waals surface area contributed by atoms with Gasteiger partial charge in [-0.05, 0) is 12.8 Å². The van der Waals surface area contributed by atoms with Gasteiger partial charge in [-0.3, -0.25) is 9.59 Å². The summed E-state index contributed by atoms with van der Waals surface area (Å²) in [6.45, 7) is -0.910. The van der Waals surface area contributed by atoms with E-state index in [1.165, 1.54) is 0 Å². The first-order chi connectivity index (χ1) is 8.49. The Bertz CT molecular complexity index is 310. The van der Waals surface area contributed by atoms with Gasteiger partial charge in [-0.25, -0.2) is 4.79 Å². The Labute approximate surface area is 105 Å². The smallest absolute Gasteiger partial charge is 0.323 e. The molecule has 7 heteroatoms. The zero-order valence-corrected chi connectivity index (χ0v) is 10.2. The summed E-state index contributed by atoms with van der Waals surface area (Å²) in [6, 6.07) is -0.474. The predicted molar refractivity (Wildman–Crippen MR) is 63.8 cm³/mol. The second-order valence-corrected chi connectivity index (χ2v) is 4.50. The van der Waals surface area contributed by atoms with Gasteiger partial charge in [-0.2, -0.15) is 0 Å². The van der Waals surface area contributed by atoms with Crippen LogP contribution in [-0.4, -0.2) is 47.0 Å². The molecule has 0 aromatic carbocycles. The molecule has 0 saturated heterocycles. The zero-order chi connectivity index (χ0) is 13.5. The number of carboxylic acids is 1. The minimum atomic E-state index is -1.17. The van der Waals surface area contributed by atoms with Gasteiger partial charge in [0.2, 0.25) is 5.91 Å². The maximum atomic E-state index is 11.8. The van der Waals surface area contributed by atoms with Gasteiger partial charge in [0.15, 0.2) is 0 Å². The molecule has 18 heavy (non-hydrogen) atoms. The quantitative estimate of drug-likeness (QED) is 0.638. The number of nitrogens with two attached hydrogens (primary N) is 1. The number of nitrogens with one attached hydrogen (secondary N) is 1. The fraction of sp³-hybridized carbons (Fsp3) is 0.727. The Morgan fingerprint density at radius 2 is 1.78 bits per heavy atom. The van der Waals surface area contributed by atoms with Crippen molar-refractivity contribution in [3.05, 3.63) is 0 Å². The second-order valence-electron chi connectivity index (χ2n) is 4.50. The predicted octanol–water partition coefficient (Wildman–Crippen LogP) is -0.0994. The van der Waals surface area contributed by atoms with Gasteiger partial charge in [-0.1, -0.05) is 19.3 Å². The van der Waals surface area contributed by atoms with Crippen LogP contribution in [0.3, 0.4) is 0 Å². The van der Waals surface area contributed by atoms with Crippen molar-refractivity contribution in [1.82, 2.24) is 10.2 Å². The van der Waals surface area contributed by atoms with Gasteiger partial charge in [-0.15, -0.1) is 0 Å². The Morgan fingerprint density at radius 1 is 1.17 bits per heavy atom. The lowest BCUT2D eigenvalue weighted by Gasteiger charge is -2.26. The van der Waals surface area contributed by atoms with Crippen molar-refractivity contribution < 1.29 is 19.5 Å². The summed E-state index contributed by atoms with van der Waals surface area (Å²) >= 11 is 0. The van der Waals surface area contributed by atoms with Gasteiger partial charge in [0.1, 0.15) is 13.1 Å². The van der Waals surface area contributed by atoms with Crippen LogP contribution >= 0.6 is 0 Å². The number of carbonyl (C=O) groups is 3. The molecule has 0 heterocycles. The monoisotopic (exact) mass is 257 g/mol. The molecule has 0 atom stereocenters. The lowest BCUT2D eigenvalue weighted by molar-refractivity contribution is -0.137. The van der Waals surface area contributed by atoms with Gasteiger partial charge in [0.25, 0.3) is 0 Å². The number of amides is 3. The highest BCUT2D eigenvalue weighted by Gasteiger charge is 2.22. The molecule has 1 fully saturated rings. The Kier molecular flexibility index (Phi) is 5.41. The number of hydrogen-bond acceptors (Lipinski definition) is 3. The van der Waals surface area contributed by atoms with Crippen molar-refractivity contribution >= 4 is 17.9 Å². The van der Waals surface area contributed by atoms with E-state index < -0.39 is 24.5 Å². The van der Waals surface area contributed by atoms with Crippen LogP contribution in [0, 0.1) is 0 Å². The van der Waals surface area contributed by atoms with Crippen LogP contribution in [0.5, 0.6) is 0 Å². The van der Waals surface area contributed by atoms with E-state index in [1.807, 2.05) is 0 Å². The molecule has 0 aromatic rings. The lowest BCUT2D eigenvalue weighted by Crippen LogP contribution is -2.49. The van der Waals surface area contributed by atoms with Crippen molar-refractivity contribution in [3.63, 3.8) is 0 Å². The highest BCUT2D eigenvalue weighted by atomic mass is 16.4. The third-order valence-electron chi connectivity index (χ3n) is 2.89. The topological polar surface area (TPSA) is 113 Å². The summed E-state index contributed by atoms with van der Waals surface area (Å²) in [6.07, 6.45) is 5.05. The molecule has 0 radical (unpaired) electrons. The van der Waals surface area contributed by atoms with Crippen LogP contribution in [-0.2, 0) is 9.59 Å². The summed E-state index contributed by atoms with van der Waals surface area (Å²) in [7, 11) is 0. The normalized spacial score (nSPS) is 16.0. The van der Waals surface area contributed by atoms with E-state index in [9.17, 15) is 14.4 Å². The molecule has 7 nitrogen and oxygen atoms in total. The molecule has 1 saturated carbocycles. The summed E-state index contributed by atoms with van der Waals surface area (Å²) in [5.74, 6) is -1.90. The van der Waals surface area contributed by atoms with Crippen LogP contribution in [0.4, 0.5) is 4.79 Å². The van der Waals surface area contributed by atoms with Crippen LogP contribution in [0.15, 0.2) is 0 Å². The number of primary amides is 1. The minimum Gasteiger partial charge on any atom is -0.480 e. The van der Waals surface area contributed by atoms with Crippen molar-refractivity contribution in [2.45, 2.75) is 38.1 Å². The number of carbonyl (C=O) groups excluding carboxylic acids is 2. The van der Waals surface area contributed by atoms with Gasteiger partial charge in [0.05, 0.1) is 0 Å². The number of carboxylic acid groups (broad SMARTS) is 1. The van der Waals surface area contributed by atoms with E-state index in [4.69, 9.17) is 10.8 Å². The average Bonchev–Trinajstić information content (AvgIpc) is 2.28. The largest absolute Gasteiger partial charge is 0.480 e. The van der Waals surface area contributed by atoms with E-state index >= 15 is 0 Å². The first-order valence-corrected chi connectivity index (χ1v) is 6.04. The van der Waals surface area contributed by atoms with E-state index in [0.29, 0.717) is 0 Å². The summed E-state index contributed by atoms with van der Waals surface area (Å²) in [5.41, 5.74) is 4.99. The Hall–Kier alpha value is -1.79. The first-order valence-electron chi connectivity index (χ1n) is 6.04. The van der Waals surface area contributed by atoms with Crippen molar-refractivity contribution in [3.8, 4) is 0 Å². The molecular formula is C11H19N3O4. The SMILES string of the molecule is NC(=O)CN(CC(=O)O)C(=O)NC1CCCCC1. The number of hydrogen-bond donors (Lipinski definition) is 3. The molecule has 1 aliphatic rings. The molecule has 0 aromatic heterocycles. The van der Waals surface area contributed by atoms with Crippen molar-refractivity contribution in [2.75, 3.05) is 13.1 Å². The standard InChI is InChI=1S/C11H19N3O4/c12-9(15)6-14(7-10(16)17)11(18)13-8-4-2-1-3-5-8/h8H,1-7H2,(H2,12,15)(H,13,18)(H,16,17). The Balaban J connectivity index is 2.51. The van der Waals surface area contributed by atoms with Crippen molar-refractivity contribution in [2.24, 2.45) is 5.73 Å². The van der Waals surface area contributed by atoms with Crippen LogP contribution in [0.25, 0.3) is 0 Å². The van der Waals surface area contributed by atoms with Gasteiger partial charge in [0, 0.05) is 6.04 Å². The molecule has 0 aliphatic heterocycles. The molecule has 0 spiro atoms. The minimum absolute atomic E-state index is 0.0652. The number of nitrogens with zero attached hydrogens (tertiary/aromatic N) is 1. The van der Waals surface area contributed by atoms with E-state index in [1.54, 1.807) is 0 Å². The fourth-order valence-corrected chi connectivity index (χ4v) is 2.06. The molecular weight excluding hydrogens is 238 g/mol. The molecule has 4 N–H and O–H groups in total. The fourth-order valence-electron chi connectivity index (χ4n) is 2.06. The van der Waals surface area contributed by atoms with Crippen LogP contribution in [0.1, 0.15) is 32.1 Å². The second kappa shape index (κ2) is 6.83. The summed E-state index contributed by atoms with van der Waals surface area (Å²) in [5, 5.41) is 11.4. The molecule has 102 valence electrons. The van der Waals surface area contributed by atoms with Crippen LogP contribution < -0.4 is 11.1 Å². The van der Waals surface area contributed by atoms with Gasteiger partial charge < -0.3 is 21.1 Å². The van der Waals surface area contributed by atoms with Gasteiger partial charge >= 0.3 is 12.0 Å². The molecule has 1 rings (SSSR count). The summed E-state index contributed by atoms with van der Waals surface area (Å²) < 4.78 is 0. The molecule has 0 bridgehead atoms. The average molecular weight is 257 g/mol. The first kappa shape index (κ1) is 14.3. The maximum Gasteiger partial charge on any atom is 0.323 e. The third kappa shape index (κ3) is 5.03. The van der Waals surface area contributed by atoms with E-state index in [-0.39, 0.29) is 12.6 Å². The lowest BCUT2D eigenvalue weighted by atomic mass is 9.96. The molecule has 3 amide bonds. The Morgan fingerprint density at radius 3 is 2.28 bits per heavy atom. The number of rotatable bonds is 5. The maximum absolute atomic E-state index is 11.8. The molecule has 1 aliphatic carbocycles. The highest BCUT2D eigenvalue weighted by molar-refractivity contribution is 5.86. The number of aliphatic carboxylic acids is 1.